The molecule has 1 aliphatic heterocycles. The van der Waals surface area contributed by atoms with Crippen LogP contribution in [-0.2, 0) is 9.59 Å². The number of aliphatic hydroxyl groups is 1. The Morgan fingerprint density at radius 3 is 2.61 bits per heavy atom. The van der Waals surface area contributed by atoms with E-state index in [1.807, 2.05) is 6.92 Å². The number of carbonyl (C=O) groups excluding carboxylic acids is 2. The van der Waals surface area contributed by atoms with E-state index < -0.39 is 17.7 Å². The molecule has 1 fully saturated rings. The highest BCUT2D eigenvalue weighted by atomic mass is 35.5. The molecule has 0 bridgehead atoms. The third-order valence-electron chi connectivity index (χ3n) is 5.19. The molecule has 0 aliphatic carbocycles. The number of amides is 1. The number of benzene rings is 2. The number of hydrogen-bond acceptors (Lipinski definition) is 5. The van der Waals surface area contributed by atoms with Crippen LogP contribution in [0.4, 0.5) is 5.69 Å². The largest absolute Gasteiger partial charge is 0.507 e. The second kappa shape index (κ2) is 8.24. The predicted octanol–water partition coefficient (Wildman–Crippen LogP) is 4.68. The van der Waals surface area contributed by atoms with Gasteiger partial charge in [0, 0.05) is 22.5 Å². The first-order valence-corrected chi connectivity index (χ1v) is 9.92. The van der Waals surface area contributed by atoms with Crippen LogP contribution >= 0.6 is 11.6 Å². The van der Waals surface area contributed by atoms with Crippen LogP contribution in [0, 0.1) is 6.92 Å². The fraction of sp³-hybridized carbons (Fsp3) is 0.125. The van der Waals surface area contributed by atoms with Gasteiger partial charge in [0.05, 0.1) is 18.4 Å². The molecule has 156 valence electrons. The van der Waals surface area contributed by atoms with E-state index in [0.717, 1.165) is 5.56 Å². The third kappa shape index (κ3) is 3.66. The van der Waals surface area contributed by atoms with E-state index in [2.05, 4.69) is 4.98 Å². The van der Waals surface area contributed by atoms with Gasteiger partial charge in [-0.3, -0.25) is 19.5 Å². The van der Waals surface area contributed by atoms with Gasteiger partial charge in [0.1, 0.15) is 17.6 Å². The normalized spacial score (nSPS) is 17.8. The molecular weight excluding hydrogens is 416 g/mol. The summed E-state index contributed by atoms with van der Waals surface area (Å²) < 4.78 is 5.22. The molecule has 1 unspecified atom stereocenters. The van der Waals surface area contributed by atoms with Gasteiger partial charge in [-0.25, -0.2) is 0 Å². The van der Waals surface area contributed by atoms with Crippen molar-refractivity contribution in [3.05, 3.63) is 94.3 Å². The maximum atomic E-state index is 13.2. The van der Waals surface area contributed by atoms with Crippen molar-refractivity contribution in [2.45, 2.75) is 13.0 Å². The number of hydrogen-bond donors (Lipinski definition) is 1. The lowest BCUT2D eigenvalue weighted by Crippen LogP contribution is -2.30. The molecule has 2 aromatic carbocycles. The number of aliphatic hydroxyl groups excluding tert-OH is 1. The van der Waals surface area contributed by atoms with Crippen molar-refractivity contribution in [3.8, 4) is 5.75 Å². The second-order valence-electron chi connectivity index (χ2n) is 7.09. The second-order valence-corrected chi connectivity index (χ2v) is 7.52. The lowest BCUT2D eigenvalue weighted by molar-refractivity contribution is -0.132. The first-order valence-electron chi connectivity index (χ1n) is 9.55. The number of rotatable bonds is 4. The zero-order valence-electron chi connectivity index (χ0n) is 16.9. The summed E-state index contributed by atoms with van der Waals surface area (Å²) in [4.78, 5) is 32.0. The van der Waals surface area contributed by atoms with Crippen LogP contribution < -0.4 is 9.64 Å². The topological polar surface area (TPSA) is 79.7 Å². The van der Waals surface area contributed by atoms with E-state index in [-0.39, 0.29) is 11.3 Å². The number of pyridine rings is 1. The minimum atomic E-state index is -0.912. The Kier molecular flexibility index (Phi) is 5.48. The smallest absolute Gasteiger partial charge is 0.300 e. The molecule has 6 nitrogen and oxygen atoms in total. The number of nitrogens with zero attached hydrogens (tertiary/aromatic N) is 2. The van der Waals surface area contributed by atoms with Crippen LogP contribution in [0.25, 0.3) is 5.76 Å². The molecular formula is C24H19ClN2O4. The summed E-state index contributed by atoms with van der Waals surface area (Å²) in [6.07, 6.45) is 1.58. The Hall–Kier alpha value is -3.64. The van der Waals surface area contributed by atoms with Gasteiger partial charge in [0.25, 0.3) is 11.7 Å². The number of Topliss-reactive ketones (excluding diaryl/α,β-unsaturated/α-hetero) is 1. The molecule has 1 amide bonds. The minimum absolute atomic E-state index is 0.0451. The Bertz CT molecular complexity index is 1210. The van der Waals surface area contributed by atoms with E-state index in [9.17, 15) is 14.7 Å². The Morgan fingerprint density at radius 1 is 1.10 bits per heavy atom. The average Bonchev–Trinajstić information content (AvgIpc) is 3.06. The van der Waals surface area contributed by atoms with Crippen LogP contribution in [-0.4, -0.2) is 28.9 Å². The van der Waals surface area contributed by atoms with E-state index in [4.69, 9.17) is 16.3 Å². The third-order valence-corrected chi connectivity index (χ3v) is 5.42. The molecule has 1 atom stereocenters. The summed E-state index contributed by atoms with van der Waals surface area (Å²) in [5.41, 5.74) is 2.01. The van der Waals surface area contributed by atoms with Gasteiger partial charge in [-0.2, -0.15) is 0 Å². The van der Waals surface area contributed by atoms with E-state index in [0.29, 0.717) is 27.7 Å². The maximum Gasteiger partial charge on any atom is 0.300 e. The summed E-state index contributed by atoms with van der Waals surface area (Å²) in [6, 6.07) is 16.1. The van der Waals surface area contributed by atoms with Gasteiger partial charge in [-0.15, -0.1) is 0 Å². The Morgan fingerprint density at radius 2 is 1.90 bits per heavy atom. The molecule has 0 spiro atoms. The van der Waals surface area contributed by atoms with Crippen molar-refractivity contribution in [3.63, 3.8) is 0 Å². The lowest BCUT2D eigenvalue weighted by Gasteiger charge is -2.26. The van der Waals surface area contributed by atoms with Crippen LogP contribution in [0.5, 0.6) is 5.75 Å². The van der Waals surface area contributed by atoms with Crippen LogP contribution in [0.2, 0.25) is 5.02 Å². The molecule has 4 rings (SSSR count). The van der Waals surface area contributed by atoms with E-state index in [1.54, 1.807) is 66.9 Å². The Labute approximate surface area is 184 Å². The average molecular weight is 435 g/mol. The number of methoxy groups -OCH3 is 1. The highest BCUT2D eigenvalue weighted by Crippen LogP contribution is 2.43. The number of ether oxygens (including phenoxy) is 1. The van der Waals surface area contributed by atoms with Crippen molar-refractivity contribution in [2.75, 3.05) is 12.0 Å². The predicted molar refractivity (Wildman–Crippen MR) is 118 cm³/mol. The van der Waals surface area contributed by atoms with Gasteiger partial charge >= 0.3 is 0 Å². The monoisotopic (exact) mass is 434 g/mol. The number of anilines is 1. The first-order chi connectivity index (χ1) is 14.9. The zero-order chi connectivity index (χ0) is 22.1. The van der Waals surface area contributed by atoms with Crippen LogP contribution in [0.15, 0.2) is 72.4 Å². The van der Waals surface area contributed by atoms with Gasteiger partial charge < -0.3 is 9.84 Å². The number of aryl methyl sites for hydroxylation is 1. The van der Waals surface area contributed by atoms with Crippen molar-refractivity contribution < 1.29 is 19.4 Å². The van der Waals surface area contributed by atoms with E-state index >= 15 is 0 Å². The molecule has 2 heterocycles. The van der Waals surface area contributed by atoms with Crippen molar-refractivity contribution in [2.24, 2.45) is 0 Å². The van der Waals surface area contributed by atoms with Crippen molar-refractivity contribution in [1.29, 1.82) is 0 Å². The molecule has 0 radical (unpaired) electrons. The number of carbonyl (C=O) groups is 2. The first kappa shape index (κ1) is 20.6. The number of ketones is 1. The highest BCUT2D eigenvalue weighted by Gasteiger charge is 2.48. The van der Waals surface area contributed by atoms with Gasteiger partial charge in [-0.05, 0) is 48.9 Å². The fourth-order valence-corrected chi connectivity index (χ4v) is 3.83. The van der Waals surface area contributed by atoms with Gasteiger partial charge in [-0.1, -0.05) is 35.9 Å². The van der Waals surface area contributed by atoms with Crippen LogP contribution in [0.3, 0.4) is 0 Å². The SMILES string of the molecule is COc1cccc(/C(O)=C2\C(=O)C(=O)N(c3cc(Cl)ccc3C)C2c2ccccn2)c1. The highest BCUT2D eigenvalue weighted by molar-refractivity contribution is 6.52. The molecule has 3 aromatic rings. The summed E-state index contributed by atoms with van der Waals surface area (Å²) in [5, 5.41) is 11.5. The lowest BCUT2D eigenvalue weighted by atomic mass is 9.98. The van der Waals surface area contributed by atoms with Crippen molar-refractivity contribution >= 4 is 34.7 Å². The number of aromatic nitrogens is 1. The van der Waals surface area contributed by atoms with E-state index in [1.165, 1.54) is 12.0 Å². The molecule has 7 heteroatoms. The zero-order valence-corrected chi connectivity index (χ0v) is 17.6. The number of halogens is 1. The quantitative estimate of drug-likeness (QED) is 0.366. The summed E-state index contributed by atoms with van der Waals surface area (Å²) in [6.45, 7) is 1.82. The summed E-state index contributed by atoms with van der Waals surface area (Å²) in [5.74, 6) is -1.34. The fourth-order valence-electron chi connectivity index (χ4n) is 3.67. The van der Waals surface area contributed by atoms with Crippen LogP contribution in [0.1, 0.15) is 22.9 Å². The van der Waals surface area contributed by atoms with Gasteiger partial charge in [0.2, 0.25) is 0 Å². The molecule has 0 saturated carbocycles. The summed E-state index contributed by atoms with van der Waals surface area (Å²) >= 11 is 6.19. The molecule has 1 saturated heterocycles. The standard InChI is InChI=1S/C24H19ClN2O4/c1-14-9-10-16(25)13-19(14)27-21(18-8-3-4-11-26-18)20(23(29)24(27)30)22(28)15-6-5-7-17(12-15)31-2/h3-13,21,28H,1-2H3/b22-20+. The molecule has 31 heavy (non-hydrogen) atoms. The molecule has 1 N–H and O–H groups in total. The summed E-state index contributed by atoms with van der Waals surface area (Å²) in [7, 11) is 1.51. The van der Waals surface area contributed by atoms with Crippen molar-refractivity contribution in [1.82, 2.24) is 4.98 Å². The van der Waals surface area contributed by atoms with Gasteiger partial charge in [0.15, 0.2) is 0 Å². The Balaban J connectivity index is 1.97. The molecule has 1 aliphatic rings. The minimum Gasteiger partial charge on any atom is -0.507 e. The molecule has 1 aromatic heterocycles. The maximum absolute atomic E-state index is 13.2.